The number of pyridine rings is 1. The van der Waals surface area contributed by atoms with Crippen molar-refractivity contribution < 1.29 is 14.4 Å². The predicted molar refractivity (Wildman–Crippen MR) is 105 cm³/mol. The van der Waals surface area contributed by atoms with Gasteiger partial charge in [-0.1, -0.05) is 29.8 Å². The van der Waals surface area contributed by atoms with Gasteiger partial charge in [0.05, 0.1) is 4.91 Å². The molecule has 1 N–H and O–H groups in total. The number of hydrogen-bond donors (Lipinski definition) is 1. The van der Waals surface area contributed by atoms with Crippen LogP contribution in [-0.4, -0.2) is 40.0 Å². The molecule has 3 rings (SSSR count). The van der Waals surface area contributed by atoms with Crippen LogP contribution in [0.15, 0.2) is 47.4 Å². The highest BCUT2D eigenvalue weighted by Gasteiger charge is 2.34. The number of aryl methyl sites for hydroxylation is 1. The van der Waals surface area contributed by atoms with Crippen LogP contribution < -0.4 is 5.32 Å². The summed E-state index contributed by atoms with van der Waals surface area (Å²) in [5, 5.41) is 2.91. The van der Waals surface area contributed by atoms with Crippen molar-refractivity contribution in [3.05, 3.63) is 69.3 Å². The van der Waals surface area contributed by atoms with Crippen molar-refractivity contribution in [1.29, 1.82) is 0 Å². The van der Waals surface area contributed by atoms with Crippen LogP contribution in [0.1, 0.15) is 21.7 Å². The molecule has 1 saturated heterocycles. The average Bonchev–Trinajstić information content (AvgIpc) is 2.91. The van der Waals surface area contributed by atoms with E-state index < -0.39 is 0 Å². The Morgan fingerprint density at radius 3 is 2.67 bits per heavy atom. The van der Waals surface area contributed by atoms with E-state index in [2.05, 4.69) is 10.3 Å². The van der Waals surface area contributed by atoms with Crippen LogP contribution in [-0.2, 0) is 4.79 Å². The van der Waals surface area contributed by atoms with Gasteiger partial charge in [0.1, 0.15) is 5.69 Å². The molecule has 0 radical (unpaired) electrons. The maximum Gasteiger partial charge on any atom is 0.293 e. The minimum atomic E-state index is -0.372. The number of thioether (sulfide) groups is 1. The molecule has 0 aliphatic carbocycles. The predicted octanol–water partition coefficient (Wildman–Crippen LogP) is 3.51. The first kappa shape index (κ1) is 19.1. The quantitative estimate of drug-likeness (QED) is 0.775. The highest BCUT2D eigenvalue weighted by atomic mass is 35.5. The molecule has 0 saturated carbocycles. The normalized spacial score (nSPS) is 15.5. The van der Waals surface area contributed by atoms with E-state index in [1.807, 2.05) is 0 Å². The summed E-state index contributed by atoms with van der Waals surface area (Å²) < 4.78 is 0. The highest BCUT2D eigenvalue weighted by molar-refractivity contribution is 8.18. The standard InChI is InChI=1S/C19H16ClN3O3S/c1-12-3-2-4-15(22-12)17(24)21-9-10-23-18(25)16(27-19(23)26)11-13-5-7-14(20)8-6-13/h2-8,11H,9-10H2,1H3,(H,21,24). The Bertz CT molecular complexity index is 928. The van der Waals surface area contributed by atoms with E-state index in [-0.39, 0.29) is 30.1 Å². The van der Waals surface area contributed by atoms with Gasteiger partial charge in [-0.3, -0.25) is 19.3 Å². The Balaban J connectivity index is 1.59. The summed E-state index contributed by atoms with van der Waals surface area (Å²) in [6.07, 6.45) is 1.65. The lowest BCUT2D eigenvalue weighted by molar-refractivity contribution is -0.122. The van der Waals surface area contributed by atoms with Gasteiger partial charge < -0.3 is 5.32 Å². The monoisotopic (exact) mass is 401 g/mol. The number of benzene rings is 1. The summed E-state index contributed by atoms with van der Waals surface area (Å²) in [6, 6.07) is 12.1. The molecular weight excluding hydrogens is 386 g/mol. The van der Waals surface area contributed by atoms with E-state index in [9.17, 15) is 14.4 Å². The summed E-state index contributed by atoms with van der Waals surface area (Å²) in [7, 11) is 0. The van der Waals surface area contributed by atoms with Crippen molar-refractivity contribution in [1.82, 2.24) is 15.2 Å². The lowest BCUT2D eigenvalue weighted by atomic mass is 10.2. The van der Waals surface area contributed by atoms with E-state index in [0.29, 0.717) is 15.6 Å². The maximum absolute atomic E-state index is 12.4. The molecular formula is C19H16ClN3O3S. The SMILES string of the molecule is Cc1cccc(C(=O)NCCN2C(=O)SC(=Cc3ccc(Cl)cc3)C2=O)n1. The second kappa shape index (κ2) is 8.37. The summed E-state index contributed by atoms with van der Waals surface area (Å²) >= 11 is 6.72. The molecule has 6 nitrogen and oxygen atoms in total. The summed E-state index contributed by atoms with van der Waals surface area (Å²) in [5.41, 5.74) is 1.82. The fourth-order valence-electron chi connectivity index (χ4n) is 2.44. The zero-order valence-corrected chi connectivity index (χ0v) is 16.0. The van der Waals surface area contributed by atoms with Gasteiger partial charge >= 0.3 is 0 Å². The highest BCUT2D eigenvalue weighted by Crippen LogP contribution is 2.32. The van der Waals surface area contributed by atoms with E-state index in [1.165, 1.54) is 0 Å². The number of imide groups is 1. The molecule has 0 spiro atoms. The molecule has 1 aromatic heterocycles. The average molecular weight is 402 g/mol. The van der Waals surface area contributed by atoms with E-state index in [0.717, 1.165) is 27.9 Å². The lowest BCUT2D eigenvalue weighted by Gasteiger charge is -2.12. The number of carbonyl (C=O) groups is 3. The Morgan fingerprint density at radius 1 is 1.22 bits per heavy atom. The minimum Gasteiger partial charge on any atom is -0.349 e. The van der Waals surface area contributed by atoms with Gasteiger partial charge in [-0.25, -0.2) is 4.98 Å². The third-order valence-electron chi connectivity index (χ3n) is 3.78. The molecule has 8 heteroatoms. The Labute approximate surface area is 165 Å². The fraction of sp³-hybridized carbons (Fsp3) is 0.158. The van der Waals surface area contributed by atoms with Gasteiger partial charge in [0.25, 0.3) is 17.1 Å². The minimum absolute atomic E-state index is 0.0974. The number of nitrogens with zero attached hydrogens (tertiary/aromatic N) is 2. The molecule has 0 unspecified atom stereocenters. The first-order valence-electron chi connectivity index (χ1n) is 8.17. The van der Waals surface area contributed by atoms with Gasteiger partial charge in [0, 0.05) is 23.8 Å². The van der Waals surface area contributed by atoms with Crippen molar-refractivity contribution >= 4 is 46.5 Å². The molecule has 138 valence electrons. The molecule has 27 heavy (non-hydrogen) atoms. The van der Waals surface area contributed by atoms with Crippen LogP contribution >= 0.6 is 23.4 Å². The molecule has 2 aromatic rings. The topological polar surface area (TPSA) is 79.4 Å². The lowest BCUT2D eigenvalue weighted by Crippen LogP contribution is -2.37. The van der Waals surface area contributed by atoms with E-state index >= 15 is 0 Å². The number of amides is 3. The van der Waals surface area contributed by atoms with Crippen molar-refractivity contribution in [2.45, 2.75) is 6.92 Å². The molecule has 0 bridgehead atoms. The summed E-state index contributed by atoms with van der Waals surface area (Å²) in [4.78, 5) is 42.2. The first-order chi connectivity index (χ1) is 12.9. The number of carbonyl (C=O) groups excluding carboxylic acids is 3. The second-order valence-electron chi connectivity index (χ2n) is 5.81. The summed E-state index contributed by atoms with van der Waals surface area (Å²) in [5.74, 6) is -0.717. The largest absolute Gasteiger partial charge is 0.349 e. The van der Waals surface area contributed by atoms with Crippen LogP contribution in [0, 0.1) is 6.92 Å². The molecule has 2 heterocycles. The third-order valence-corrected chi connectivity index (χ3v) is 4.94. The molecule has 1 fully saturated rings. The maximum atomic E-state index is 12.4. The van der Waals surface area contributed by atoms with Crippen molar-refractivity contribution in [2.75, 3.05) is 13.1 Å². The molecule has 1 aliphatic heterocycles. The van der Waals surface area contributed by atoms with Crippen molar-refractivity contribution in [3.63, 3.8) is 0 Å². The molecule has 3 amide bonds. The van der Waals surface area contributed by atoms with Crippen LogP contribution in [0.25, 0.3) is 6.08 Å². The van der Waals surface area contributed by atoms with Gasteiger partial charge in [0.15, 0.2) is 0 Å². The zero-order valence-electron chi connectivity index (χ0n) is 14.4. The first-order valence-corrected chi connectivity index (χ1v) is 9.36. The van der Waals surface area contributed by atoms with E-state index in [1.54, 1.807) is 55.5 Å². The Hall–Kier alpha value is -2.64. The van der Waals surface area contributed by atoms with Crippen LogP contribution in [0.3, 0.4) is 0 Å². The zero-order chi connectivity index (χ0) is 19.4. The fourth-order valence-corrected chi connectivity index (χ4v) is 3.44. The van der Waals surface area contributed by atoms with Gasteiger partial charge in [-0.2, -0.15) is 0 Å². The number of rotatable bonds is 5. The van der Waals surface area contributed by atoms with Crippen LogP contribution in [0.4, 0.5) is 4.79 Å². The Kier molecular flexibility index (Phi) is 5.93. The smallest absolute Gasteiger partial charge is 0.293 e. The number of nitrogens with one attached hydrogen (secondary N) is 1. The summed E-state index contributed by atoms with van der Waals surface area (Å²) in [6.45, 7) is 2.05. The molecule has 0 atom stereocenters. The number of hydrogen-bond acceptors (Lipinski definition) is 5. The van der Waals surface area contributed by atoms with E-state index in [4.69, 9.17) is 11.6 Å². The van der Waals surface area contributed by atoms with Crippen LogP contribution in [0.2, 0.25) is 5.02 Å². The van der Waals surface area contributed by atoms with Crippen LogP contribution in [0.5, 0.6) is 0 Å². The van der Waals surface area contributed by atoms with Crippen molar-refractivity contribution in [3.8, 4) is 0 Å². The molecule has 1 aromatic carbocycles. The van der Waals surface area contributed by atoms with Gasteiger partial charge in [0.2, 0.25) is 0 Å². The molecule has 1 aliphatic rings. The van der Waals surface area contributed by atoms with Crippen molar-refractivity contribution in [2.24, 2.45) is 0 Å². The Morgan fingerprint density at radius 2 is 1.96 bits per heavy atom. The second-order valence-corrected chi connectivity index (χ2v) is 7.23. The number of aromatic nitrogens is 1. The third kappa shape index (κ3) is 4.75. The number of halogens is 1. The van der Waals surface area contributed by atoms with Gasteiger partial charge in [-0.15, -0.1) is 0 Å². The van der Waals surface area contributed by atoms with Gasteiger partial charge in [-0.05, 0) is 54.6 Å².